The van der Waals surface area contributed by atoms with Gasteiger partial charge in [-0.3, -0.25) is 9.59 Å². The van der Waals surface area contributed by atoms with E-state index in [1.165, 1.54) is 12.8 Å². The van der Waals surface area contributed by atoms with Gasteiger partial charge in [0.1, 0.15) is 0 Å². The molecule has 0 aromatic heterocycles. The van der Waals surface area contributed by atoms with Crippen molar-refractivity contribution in [3.8, 4) is 0 Å². The maximum Gasteiger partial charge on any atom is 0.254 e. The molecule has 1 aromatic rings. The first-order valence-electron chi connectivity index (χ1n) is 9.09. The van der Waals surface area contributed by atoms with Crippen molar-refractivity contribution in [3.05, 3.63) is 33.8 Å². The summed E-state index contributed by atoms with van der Waals surface area (Å²) < 4.78 is 0. The van der Waals surface area contributed by atoms with Crippen LogP contribution in [0.2, 0.25) is 10.0 Å². The quantitative estimate of drug-likeness (QED) is 0.717. The lowest BCUT2D eigenvalue weighted by molar-refractivity contribution is -0.137. The summed E-state index contributed by atoms with van der Waals surface area (Å²) in [7, 11) is 0. The fraction of sp³-hybridized carbons (Fsp3) is 0.579. The molecule has 1 aliphatic heterocycles. The molecule has 2 fully saturated rings. The van der Waals surface area contributed by atoms with Crippen LogP contribution in [0.1, 0.15) is 48.9 Å². The largest absolute Gasteiger partial charge is 0.339 e. The maximum atomic E-state index is 12.7. The minimum Gasteiger partial charge on any atom is -0.339 e. The Kier molecular flexibility index (Phi) is 6.24. The lowest BCUT2D eigenvalue weighted by Crippen LogP contribution is -2.52. The number of benzene rings is 1. The fourth-order valence-corrected chi connectivity index (χ4v) is 4.30. The Morgan fingerprint density at radius 1 is 0.800 bits per heavy atom. The third-order valence-corrected chi connectivity index (χ3v) is 5.63. The number of hydrogen-bond acceptors (Lipinski definition) is 2. The summed E-state index contributed by atoms with van der Waals surface area (Å²) in [6, 6.07) is 4.89. The topological polar surface area (TPSA) is 40.6 Å². The van der Waals surface area contributed by atoms with Crippen LogP contribution in [0.15, 0.2) is 18.2 Å². The van der Waals surface area contributed by atoms with Gasteiger partial charge in [-0.05, 0) is 31.0 Å². The van der Waals surface area contributed by atoms with Crippen molar-refractivity contribution in [1.29, 1.82) is 0 Å². The minimum absolute atomic E-state index is 0.0778. The Morgan fingerprint density at radius 2 is 1.32 bits per heavy atom. The van der Waals surface area contributed by atoms with Gasteiger partial charge in [-0.2, -0.15) is 0 Å². The first-order chi connectivity index (χ1) is 12.0. The number of carbonyl (C=O) groups excluding carboxylic acids is 2. The highest BCUT2D eigenvalue weighted by atomic mass is 35.5. The maximum absolute atomic E-state index is 12.7. The molecule has 3 rings (SSSR count). The molecule has 1 aromatic carbocycles. The molecular formula is C19H24Cl2N2O2. The molecule has 136 valence electrons. The summed E-state index contributed by atoms with van der Waals surface area (Å²) in [6.07, 6.45) is 6.83. The molecule has 2 amide bonds. The standard InChI is InChI=1S/C19H24Cl2N2O2/c20-16-11-15(12-17(21)13-16)19(25)23-9-7-22(8-10-23)18(24)14-5-3-1-2-4-6-14/h11-14H,1-10H2. The Hall–Kier alpha value is -1.26. The second-order valence-corrected chi connectivity index (χ2v) is 7.84. The van der Waals surface area contributed by atoms with Crippen molar-refractivity contribution in [3.63, 3.8) is 0 Å². The van der Waals surface area contributed by atoms with E-state index >= 15 is 0 Å². The molecule has 2 aliphatic rings. The van der Waals surface area contributed by atoms with Gasteiger partial charge in [0.2, 0.25) is 5.91 Å². The highest BCUT2D eigenvalue weighted by molar-refractivity contribution is 6.35. The van der Waals surface area contributed by atoms with Crippen molar-refractivity contribution >= 4 is 35.0 Å². The van der Waals surface area contributed by atoms with Gasteiger partial charge in [0.15, 0.2) is 0 Å². The van der Waals surface area contributed by atoms with Crippen molar-refractivity contribution in [2.45, 2.75) is 38.5 Å². The smallest absolute Gasteiger partial charge is 0.254 e. The van der Waals surface area contributed by atoms with E-state index in [0.717, 1.165) is 25.7 Å². The van der Waals surface area contributed by atoms with Gasteiger partial charge in [0.25, 0.3) is 5.91 Å². The first kappa shape index (κ1) is 18.5. The van der Waals surface area contributed by atoms with E-state index in [2.05, 4.69) is 0 Å². The number of amides is 2. The van der Waals surface area contributed by atoms with Gasteiger partial charge in [-0.25, -0.2) is 0 Å². The second kappa shape index (κ2) is 8.41. The molecule has 0 bridgehead atoms. The van der Waals surface area contributed by atoms with E-state index in [-0.39, 0.29) is 17.7 Å². The third kappa shape index (κ3) is 4.68. The van der Waals surface area contributed by atoms with Crippen LogP contribution in [0, 0.1) is 5.92 Å². The van der Waals surface area contributed by atoms with Crippen LogP contribution in [0.3, 0.4) is 0 Å². The summed E-state index contributed by atoms with van der Waals surface area (Å²) >= 11 is 12.0. The molecule has 0 radical (unpaired) electrons. The van der Waals surface area contributed by atoms with Gasteiger partial charge >= 0.3 is 0 Å². The van der Waals surface area contributed by atoms with E-state index in [1.807, 2.05) is 4.90 Å². The van der Waals surface area contributed by atoms with Crippen LogP contribution in [0.5, 0.6) is 0 Å². The SMILES string of the molecule is O=C(c1cc(Cl)cc(Cl)c1)N1CCN(C(=O)C2CCCCCC2)CC1. The molecule has 1 heterocycles. The number of nitrogens with zero attached hydrogens (tertiary/aromatic N) is 2. The lowest BCUT2D eigenvalue weighted by Gasteiger charge is -2.36. The highest BCUT2D eigenvalue weighted by Gasteiger charge is 2.29. The molecule has 25 heavy (non-hydrogen) atoms. The molecule has 4 nitrogen and oxygen atoms in total. The summed E-state index contributed by atoms with van der Waals surface area (Å²) in [5.41, 5.74) is 0.501. The van der Waals surface area contributed by atoms with Crippen LogP contribution >= 0.6 is 23.2 Å². The monoisotopic (exact) mass is 382 g/mol. The summed E-state index contributed by atoms with van der Waals surface area (Å²) in [4.78, 5) is 29.1. The average Bonchev–Trinajstić information content (AvgIpc) is 2.89. The van der Waals surface area contributed by atoms with Crippen LogP contribution in [-0.4, -0.2) is 47.8 Å². The molecule has 0 unspecified atom stereocenters. The van der Waals surface area contributed by atoms with E-state index < -0.39 is 0 Å². The molecule has 0 N–H and O–H groups in total. The predicted molar refractivity (Wildman–Crippen MR) is 100 cm³/mol. The summed E-state index contributed by atoms with van der Waals surface area (Å²) in [5, 5.41) is 0.913. The van der Waals surface area contributed by atoms with Gasteiger partial charge in [-0.1, -0.05) is 48.9 Å². The molecule has 0 atom stereocenters. The van der Waals surface area contributed by atoms with Crippen molar-refractivity contribution < 1.29 is 9.59 Å². The first-order valence-corrected chi connectivity index (χ1v) is 9.84. The van der Waals surface area contributed by atoms with Crippen LogP contribution < -0.4 is 0 Å². The molecule has 6 heteroatoms. The number of piperazine rings is 1. The lowest BCUT2D eigenvalue weighted by atomic mass is 9.98. The van der Waals surface area contributed by atoms with E-state index in [1.54, 1.807) is 23.1 Å². The van der Waals surface area contributed by atoms with E-state index in [4.69, 9.17) is 23.2 Å². The van der Waals surface area contributed by atoms with Gasteiger partial charge in [0.05, 0.1) is 0 Å². The number of hydrogen-bond donors (Lipinski definition) is 0. The van der Waals surface area contributed by atoms with E-state index in [0.29, 0.717) is 41.8 Å². The molecule has 1 saturated heterocycles. The van der Waals surface area contributed by atoms with Crippen LogP contribution in [-0.2, 0) is 4.79 Å². The molecular weight excluding hydrogens is 359 g/mol. The second-order valence-electron chi connectivity index (χ2n) is 6.96. The van der Waals surface area contributed by atoms with Crippen molar-refractivity contribution in [2.24, 2.45) is 5.92 Å². The molecule has 1 saturated carbocycles. The Labute approximate surface area is 159 Å². The van der Waals surface area contributed by atoms with Gasteiger partial charge in [-0.15, -0.1) is 0 Å². The zero-order valence-electron chi connectivity index (χ0n) is 14.3. The zero-order valence-corrected chi connectivity index (χ0v) is 15.9. The minimum atomic E-state index is -0.0778. The third-order valence-electron chi connectivity index (χ3n) is 5.19. The van der Waals surface area contributed by atoms with Crippen molar-refractivity contribution in [1.82, 2.24) is 9.80 Å². The van der Waals surface area contributed by atoms with Gasteiger partial charge < -0.3 is 9.80 Å². The highest BCUT2D eigenvalue weighted by Crippen LogP contribution is 2.25. The Balaban J connectivity index is 1.57. The number of carbonyl (C=O) groups is 2. The molecule has 1 aliphatic carbocycles. The average molecular weight is 383 g/mol. The van der Waals surface area contributed by atoms with Crippen LogP contribution in [0.25, 0.3) is 0 Å². The number of rotatable bonds is 2. The Morgan fingerprint density at radius 3 is 1.88 bits per heavy atom. The molecule has 0 spiro atoms. The van der Waals surface area contributed by atoms with Crippen LogP contribution in [0.4, 0.5) is 0 Å². The number of halogens is 2. The predicted octanol–water partition coefficient (Wildman–Crippen LogP) is 4.25. The summed E-state index contributed by atoms with van der Waals surface area (Å²) in [5.74, 6) is 0.377. The summed E-state index contributed by atoms with van der Waals surface area (Å²) in [6.45, 7) is 2.33. The Bertz CT molecular complexity index is 614. The van der Waals surface area contributed by atoms with Crippen molar-refractivity contribution in [2.75, 3.05) is 26.2 Å². The zero-order chi connectivity index (χ0) is 17.8. The van der Waals surface area contributed by atoms with E-state index in [9.17, 15) is 9.59 Å². The normalized spacial score (nSPS) is 19.6. The fourth-order valence-electron chi connectivity index (χ4n) is 3.77. The van der Waals surface area contributed by atoms with Gasteiger partial charge in [0, 0.05) is 47.7 Å².